The first-order valence-corrected chi connectivity index (χ1v) is 6.85. The molecule has 7 nitrogen and oxygen atoms in total. The average molecular weight is 301 g/mol. The number of aliphatic carboxylic acids is 1. The van der Waals surface area contributed by atoms with E-state index >= 15 is 0 Å². The monoisotopic (exact) mass is 301 g/mol. The summed E-state index contributed by atoms with van der Waals surface area (Å²) in [6.07, 6.45) is 0.912. The Labute approximate surface area is 126 Å². The van der Waals surface area contributed by atoms with Crippen LogP contribution in [0.2, 0.25) is 0 Å². The van der Waals surface area contributed by atoms with E-state index in [9.17, 15) is 14.7 Å². The number of carbonyl (C=O) groups excluding carboxylic acids is 1. The maximum atomic E-state index is 12.1. The summed E-state index contributed by atoms with van der Waals surface area (Å²) in [5.74, 6) is -1.84. The smallest absolute Gasteiger partial charge is 0.410 e. The number of rotatable bonds is 3. The van der Waals surface area contributed by atoms with Crippen LogP contribution in [0, 0.1) is 0 Å². The number of fused-ring (bicyclic) bond motifs is 1. The van der Waals surface area contributed by atoms with Gasteiger partial charge in [0.2, 0.25) is 0 Å². The third-order valence-electron chi connectivity index (χ3n) is 3.60. The zero-order valence-electron chi connectivity index (χ0n) is 11.7. The van der Waals surface area contributed by atoms with Crippen molar-refractivity contribution in [2.24, 2.45) is 0 Å². The van der Waals surface area contributed by atoms with Gasteiger partial charge in [0, 0.05) is 6.54 Å². The third kappa shape index (κ3) is 2.78. The highest BCUT2D eigenvalue weighted by Gasteiger charge is 2.35. The Morgan fingerprint density at radius 1 is 1.36 bits per heavy atom. The summed E-state index contributed by atoms with van der Waals surface area (Å²) in [6.45, 7) is 0.483. The largest absolute Gasteiger partial charge is 0.481 e. The highest BCUT2D eigenvalue weighted by molar-refractivity contribution is 5.78. The van der Waals surface area contributed by atoms with Gasteiger partial charge in [-0.15, -0.1) is 0 Å². The fourth-order valence-corrected chi connectivity index (χ4v) is 2.47. The van der Waals surface area contributed by atoms with Crippen LogP contribution in [0.25, 0.3) is 0 Å². The van der Waals surface area contributed by atoms with E-state index in [1.54, 1.807) is 0 Å². The lowest BCUT2D eigenvalue weighted by molar-refractivity contribution is -0.139. The van der Waals surface area contributed by atoms with Gasteiger partial charge in [-0.2, -0.15) is 0 Å². The molecule has 1 aromatic carbocycles. The molecule has 1 unspecified atom stereocenters. The Morgan fingerprint density at radius 2 is 2.14 bits per heavy atom. The van der Waals surface area contributed by atoms with Crippen LogP contribution < -0.4 is 0 Å². The molecule has 2 N–H and O–H groups in total. The lowest BCUT2D eigenvalue weighted by Crippen LogP contribution is -2.41. The van der Waals surface area contributed by atoms with Gasteiger partial charge in [0.15, 0.2) is 0 Å². The summed E-state index contributed by atoms with van der Waals surface area (Å²) in [7, 11) is 0. The summed E-state index contributed by atoms with van der Waals surface area (Å²) in [5.41, 5.74) is 2.00. The second-order valence-electron chi connectivity index (χ2n) is 5.08. The fraction of sp³-hybridized carbons (Fsp3) is 0.267. The van der Waals surface area contributed by atoms with E-state index < -0.39 is 18.0 Å². The number of amides is 1. The number of hydrogen-bond acceptors (Lipinski definition) is 4. The number of imidazole rings is 1. The number of nitrogens with one attached hydrogen (secondary N) is 1. The maximum absolute atomic E-state index is 12.1. The number of nitrogens with zero attached hydrogens (tertiary/aromatic N) is 2. The van der Waals surface area contributed by atoms with Crippen molar-refractivity contribution in [1.29, 1.82) is 0 Å². The van der Waals surface area contributed by atoms with Crippen LogP contribution in [0.15, 0.2) is 36.7 Å². The molecule has 2 aromatic rings. The number of H-pyrrole nitrogens is 1. The van der Waals surface area contributed by atoms with Crippen molar-refractivity contribution < 1.29 is 19.4 Å². The lowest BCUT2D eigenvalue weighted by Gasteiger charge is -2.29. The summed E-state index contributed by atoms with van der Waals surface area (Å²) in [6, 6.07) is 9.32. The van der Waals surface area contributed by atoms with E-state index in [0.29, 0.717) is 11.4 Å². The van der Waals surface area contributed by atoms with E-state index in [-0.39, 0.29) is 19.7 Å². The summed E-state index contributed by atoms with van der Waals surface area (Å²) < 4.78 is 5.25. The normalized spacial score (nSPS) is 16.9. The molecule has 0 bridgehead atoms. The van der Waals surface area contributed by atoms with Gasteiger partial charge in [0.05, 0.1) is 24.3 Å². The highest BCUT2D eigenvalue weighted by Crippen LogP contribution is 2.26. The third-order valence-corrected chi connectivity index (χ3v) is 3.60. The molecule has 1 aliphatic rings. The van der Waals surface area contributed by atoms with Gasteiger partial charge < -0.3 is 19.7 Å². The van der Waals surface area contributed by atoms with Crippen LogP contribution in [-0.2, 0) is 22.7 Å². The van der Waals surface area contributed by atoms with Gasteiger partial charge in [-0.3, -0.25) is 4.79 Å². The number of aromatic amines is 1. The van der Waals surface area contributed by atoms with Crippen molar-refractivity contribution in [2.45, 2.75) is 19.1 Å². The Hall–Kier alpha value is -2.83. The molecule has 2 heterocycles. The van der Waals surface area contributed by atoms with E-state index in [0.717, 1.165) is 5.56 Å². The van der Waals surface area contributed by atoms with Gasteiger partial charge >= 0.3 is 12.1 Å². The van der Waals surface area contributed by atoms with Crippen LogP contribution in [0.5, 0.6) is 0 Å². The van der Waals surface area contributed by atoms with Crippen LogP contribution >= 0.6 is 0 Å². The standard InChI is InChI=1S/C15H15N3O4/c19-14(20)11-6-18(7-12-13(11)17-9-16-12)15(21)22-8-10-4-2-1-3-5-10/h1-5,9,11H,6-8H2,(H,16,17)(H,19,20). The molecule has 1 aromatic heterocycles. The molecule has 1 aliphatic heterocycles. The van der Waals surface area contributed by atoms with E-state index in [4.69, 9.17) is 4.74 Å². The summed E-state index contributed by atoms with van der Waals surface area (Å²) in [4.78, 5) is 31.8. The number of hydrogen-bond donors (Lipinski definition) is 2. The molecule has 0 fully saturated rings. The molecule has 1 atom stereocenters. The minimum Gasteiger partial charge on any atom is -0.481 e. The molecule has 3 rings (SSSR count). The van der Waals surface area contributed by atoms with Crippen molar-refractivity contribution in [3.05, 3.63) is 53.6 Å². The van der Waals surface area contributed by atoms with Crippen LogP contribution in [0.3, 0.4) is 0 Å². The van der Waals surface area contributed by atoms with Crippen LogP contribution in [-0.4, -0.2) is 38.6 Å². The number of carboxylic acid groups (broad SMARTS) is 1. The first kappa shape index (κ1) is 14.1. The van der Waals surface area contributed by atoms with Gasteiger partial charge in [0.25, 0.3) is 0 Å². The van der Waals surface area contributed by atoms with Gasteiger partial charge in [-0.1, -0.05) is 30.3 Å². The lowest BCUT2D eigenvalue weighted by atomic mass is 9.99. The molecule has 114 valence electrons. The molecule has 7 heteroatoms. The molecule has 0 radical (unpaired) electrons. The second-order valence-corrected chi connectivity index (χ2v) is 5.08. The molecule has 0 aliphatic carbocycles. The van der Waals surface area contributed by atoms with Crippen molar-refractivity contribution in [1.82, 2.24) is 14.9 Å². The predicted octanol–water partition coefficient (Wildman–Crippen LogP) is 1.73. The average Bonchev–Trinajstić information content (AvgIpc) is 3.00. The fourth-order valence-electron chi connectivity index (χ4n) is 2.47. The maximum Gasteiger partial charge on any atom is 0.410 e. The Balaban J connectivity index is 1.68. The number of carboxylic acids is 1. The number of carbonyl (C=O) groups is 2. The van der Waals surface area contributed by atoms with E-state index in [1.807, 2.05) is 30.3 Å². The molecule has 0 saturated carbocycles. The molecular weight excluding hydrogens is 286 g/mol. The first-order valence-electron chi connectivity index (χ1n) is 6.85. The molecule has 22 heavy (non-hydrogen) atoms. The zero-order valence-corrected chi connectivity index (χ0v) is 11.7. The van der Waals surface area contributed by atoms with Gasteiger partial charge in [-0.25, -0.2) is 9.78 Å². The predicted molar refractivity (Wildman–Crippen MR) is 76.0 cm³/mol. The Bertz CT molecular complexity index is 683. The zero-order chi connectivity index (χ0) is 15.5. The summed E-state index contributed by atoms with van der Waals surface area (Å²) in [5, 5.41) is 9.28. The quantitative estimate of drug-likeness (QED) is 0.900. The van der Waals surface area contributed by atoms with Crippen molar-refractivity contribution in [3.8, 4) is 0 Å². The van der Waals surface area contributed by atoms with E-state index in [1.165, 1.54) is 11.2 Å². The minimum absolute atomic E-state index is 0.0564. The second kappa shape index (κ2) is 5.88. The SMILES string of the molecule is O=C(O)C1CN(C(=O)OCc2ccccc2)Cc2[nH]cnc21. The highest BCUT2D eigenvalue weighted by atomic mass is 16.6. The Morgan fingerprint density at radius 3 is 2.86 bits per heavy atom. The molecule has 1 amide bonds. The van der Waals surface area contributed by atoms with Gasteiger partial charge in [-0.05, 0) is 5.56 Å². The number of benzene rings is 1. The number of aromatic nitrogens is 2. The Kier molecular flexibility index (Phi) is 3.78. The first-order chi connectivity index (χ1) is 10.6. The molecular formula is C15H15N3O4. The van der Waals surface area contributed by atoms with Crippen molar-refractivity contribution in [2.75, 3.05) is 6.54 Å². The van der Waals surface area contributed by atoms with Gasteiger partial charge in [0.1, 0.15) is 12.5 Å². The van der Waals surface area contributed by atoms with Crippen molar-refractivity contribution >= 4 is 12.1 Å². The minimum atomic E-state index is -1.01. The molecule has 0 spiro atoms. The van der Waals surface area contributed by atoms with Crippen LogP contribution in [0.1, 0.15) is 22.9 Å². The van der Waals surface area contributed by atoms with E-state index in [2.05, 4.69) is 9.97 Å². The summed E-state index contributed by atoms with van der Waals surface area (Å²) >= 11 is 0. The number of ether oxygens (including phenoxy) is 1. The topological polar surface area (TPSA) is 95.5 Å². The van der Waals surface area contributed by atoms with Crippen molar-refractivity contribution in [3.63, 3.8) is 0 Å². The molecule has 0 saturated heterocycles. The van der Waals surface area contributed by atoms with Crippen LogP contribution in [0.4, 0.5) is 4.79 Å².